The van der Waals surface area contributed by atoms with E-state index in [0.29, 0.717) is 23.9 Å². The van der Waals surface area contributed by atoms with Crippen molar-refractivity contribution in [1.29, 1.82) is 0 Å². The Morgan fingerprint density at radius 2 is 1.61 bits per heavy atom. The average molecular weight is 431 g/mol. The molecular formula is C21H29N5O5. The molecule has 0 aromatic carbocycles. The van der Waals surface area contributed by atoms with E-state index >= 15 is 0 Å². The summed E-state index contributed by atoms with van der Waals surface area (Å²) in [7, 11) is 0. The molecule has 2 fully saturated rings. The summed E-state index contributed by atoms with van der Waals surface area (Å²) in [6.45, 7) is 10.2. The fourth-order valence-electron chi connectivity index (χ4n) is 4.15. The number of ether oxygens (including phenoxy) is 2. The maximum atomic E-state index is 13.0. The van der Waals surface area contributed by atoms with Crippen molar-refractivity contribution >= 4 is 29.2 Å². The molecule has 2 aromatic rings. The number of hydrogen-bond donors (Lipinski definition) is 1. The second kappa shape index (κ2) is 7.15. The Labute approximate surface area is 180 Å². The molecule has 2 saturated carbocycles. The molecule has 0 radical (unpaired) electrons. The molecule has 0 saturated heterocycles. The van der Waals surface area contributed by atoms with Crippen molar-refractivity contribution in [2.75, 3.05) is 4.90 Å². The predicted octanol–water partition coefficient (Wildman–Crippen LogP) is 3.44. The first-order valence-electron chi connectivity index (χ1n) is 10.5. The van der Waals surface area contributed by atoms with Gasteiger partial charge in [-0.2, -0.15) is 4.90 Å². The minimum atomic E-state index is -0.908. The molecule has 1 N–H and O–H groups in total. The van der Waals surface area contributed by atoms with E-state index in [4.69, 9.17) is 9.47 Å². The fourth-order valence-corrected chi connectivity index (χ4v) is 4.15. The quantitative estimate of drug-likeness (QED) is 0.768. The van der Waals surface area contributed by atoms with Crippen molar-refractivity contribution in [2.24, 2.45) is 11.8 Å². The van der Waals surface area contributed by atoms with Crippen LogP contribution in [0.4, 0.5) is 15.4 Å². The largest absolute Gasteiger partial charge is 0.443 e. The number of imidazole rings is 1. The molecule has 10 heteroatoms. The summed E-state index contributed by atoms with van der Waals surface area (Å²) in [5, 5.41) is 10.2. The standard InChI is InChI=1S/C21H29N5O5/c1-20(2,3)30-18(28)26(19(29)31-21(4,5)6)17-15-16(22-9-23-17)25(10-24-15)13-8-14(27)12-7-11(12)13/h9-14,27H,7-8H2,1-6H3/t11-,12+,13-,14-/m1/s1. The second-order valence-electron chi connectivity index (χ2n) is 10.3. The molecule has 2 heterocycles. The van der Waals surface area contributed by atoms with E-state index < -0.39 is 23.4 Å². The zero-order chi connectivity index (χ0) is 22.7. The van der Waals surface area contributed by atoms with Gasteiger partial charge in [0.15, 0.2) is 17.0 Å². The van der Waals surface area contributed by atoms with Gasteiger partial charge < -0.3 is 19.1 Å². The summed E-state index contributed by atoms with van der Waals surface area (Å²) in [4.78, 5) is 39.7. The van der Waals surface area contributed by atoms with E-state index in [9.17, 15) is 14.7 Å². The molecule has 10 nitrogen and oxygen atoms in total. The summed E-state index contributed by atoms with van der Waals surface area (Å²) in [6.07, 6.45) is 2.38. The third-order valence-electron chi connectivity index (χ3n) is 5.42. The third-order valence-corrected chi connectivity index (χ3v) is 5.42. The van der Waals surface area contributed by atoms with Gasteiger partial charge in [0.05, 0.1) is 12.4 Å². The van der Waals surface area contributed by atoms with Crippen LogP contribution in [0.1, 0.15) is 60.4 Å². The number of aromatic nitrogens is 4. The van der Waals surface area contributed by atoms with E-state index in [0.717, 1.165) is 11.3 Å². The van der Waals surface area contributed by atoms with Crippen molar-refractivity contribution in [3.63, 3.8) is 0 Å². The van der Waals surface area contributed by atoms with Gasteiger partial charge in [-0.05, 0) is 66.2 Å². The molecular weight excluding hydrogens is 402 g/mol. The Hall–Kier alpha value is -2.75. The van der Waals surface area contributed by atoms with Crippen LogP contribution in [-0.2, 0) is 9.47 Å². The molecule has 0 unspecified atom stereocenters. The number of fused-ring (bicyclic) bond motifs is 2. The normalized spacial score (nSPS) is 25.3. The highest BCUT2D eigenvalue weighted by Crippen LogP contribution is 2.57. The third kappa shape index (κ3) is 4.21. The summed E-state index contributed by atoms with van der Waals surface area (Å²) in [5.41, 5.74) is -0.877. The average Bonchev–Trinajstić information content (AvgIpc) is 3.18. The van der Waals surface area contributed by atoms with E-state index in [2.05, 4.69) is 15.0 Å². The van der Waals surface area contributed by atoms with Crippen LogP contribution in [0, 0.1) is 11.8 Å². The smallest absolute Gasteiger partial charge is 0.425 e. The number of hydrogen-bond acceptors (Lipinski definition) is 8. The van der Waals surface area contributed by atoms with Gasteiger partial charge in [0.1, 0.15) is 17.5 Å². The van der Waals surface area contributed by atoms with Gasteiger partial charge in [-0.15, -0.1) is 0 Å². The lowest BCUT2D eigenvalue weighted by Gasteiger charge is -2.28. The Morgan fingerprint density at radius 3 is 2.10 bits per heavy atom. The van der Waals surface area contributed by atoms with E-state index in [-0.39, 0.29) is 23.5 Å². The summed E-state index contributed by atoms with van der Waals surface area (Å²) >= 11 is 0. The minimum absolute atomic E-state index is 0.00172. The lowest BCUT2D eigenvalue weighted by molar-refractivity contribution is 0.0429. The molecule has 0 spiro atoms. The van der Waals surface area contributed by atoms with Crippen LogP contribution in [0.25, 0.3) is 11.2 Å². The lowest BCUT2D eigenvalue weighted by atomic mass is 10.1. The maximum absolute atomic E-state index is 13.0. The fraction of sp³-hybridized carbons (Fsp3) is 0.667. The molecule has 31 heavy (non-hydrogen) atoms. The molecule has 2 amide bonds. The number of carbonyl (C=O) groups excluding carboxylic acids is 2. The van der Waals surface area contributed by atoms with Gasteiger partial charge in [0.2, 0.25) is 0 Å². The summed E-state index contributed by atoms with van der Waals surface area (Å²) in [5.74, 6) is 0.709. The number of carbonyl (C=O) groups is 2. The van der Waals surface area contributed by atoms with Gasteiger partial charge in [-0.25, -0.2) is 24.5 Å². The Balaban J connectivity index is 1.75. The van der Waals surface area contributed by atoms with Crippen LogP contribution in [0.5, 0.6) is 0 Å². The van der Waals surface area contributed by atoms with E-state index in [1.807, 2.05) is 4.57 Å². The number of imide groups is 1. The van der Waals surface area contributed by atoms with Crippen LogP contribution < -0.4 is 4.90 Å². The zero-order valence-corrected chi connectivity index (χ0v) is 18.7. The Bertz CT molecular complexity index is 993. The minimum Gasteiger partial charge on any atom is -0.443 e. The molecule has 0 bridgehead atoms. The van der Waals surface area contributed by atoms with Crippen molar-refractivity contribution in [1.82, 2.24) is 19.5 Å². The van der Waals surface area contributed by atoms with E-state index in [1.54, 1.807) is 47.9 Å². The van der Waals surface area contributed by atoms with Crippen LogP contribution in [-0.4, -0.2) is 54.1 Å². The molecule has 4 rings (SSSR count). The number of rotatable bonds is 2. The maximum Gasteiger partial charge on any atom is 0.425 e. The number of aliphatic hydroxyl groups excluding tert-OH is 1. The number of nitrogens with zero attached hydrogens (tertiary/aromatic N) is 5. The van der Waals surface area contributed by atoms with Crippen LogP contribution >= 0.6 is 0 Å². The van der Waals surface area contributed by atoms with Crippen molar-refractivity contribution < 1.29 is 24.2 Å². The topological polar surface area (TPSA) is 120 Å². The Kier molecular flexibility index (Phi) is 4.95. The van der Waals surface area contributed by atoms with Gasteiger partial charge in [-0.1, -0.05) is 0 Å². The number of anilines is 1. The van der Waals surface area contributed by atoms with Crippen LogP contribution in [0.3, 0.4) is 0 Å². The first-order chi connectivity index (χ1) is 14.4. The van der Waals surface area contributed by atoms with Crippen LogP contribution in [0.15, 0.2) is 12.7 Å². The molecule has 0 aliphatic heterocycles. The second-order valence-corrected chi connectivity index (χ2v) is 10.3. The summed E-state index contributed by atoms with van der Waals surface area (Å²) < 4.78 is 12.8. The lowest BCUT2D eigenvalue weighted by Crippen LogP contribution is -2.44. The monoisotopic (exact) mass is 431 g/mol. The van der Waals surface area contributed by atoms with Crippen LogP contribution in [0.2, 0.25) is 0 Å². The molecule has 2 aliphatic rings. The number of aliphatic hydroxyl groups is 1. The Morgan fingerprint density at radius 1 is 1.00 bits per heavy atom. The highest BCUT2D eigenvalue weighted by molar-refractivity contribution is 6.12. The summed E-state index contributed by atoms with van der Waals surface area (Å²) in [6, 6.07) is 0.0734. The van der Waals surface area contributed by atoms with Crippen molar-refractivity contribution in [3.8, 4) is 0 Å². The van der Waals surface area contributed by atoms with Gasteiger partial charge in [-0.3, -0.25) is 0 Å². The van der Waals surface area contributed by atoms with Gasteiger partial charge >= 0.3 is 12.2 Å². The molecule has 4 atom stereocenters. The number of amides is 2. The first-order valence-corrected chi connectivity index (χ1v) is 10.5. The zero-order valence-electron chi connectivity index (χ0n) is 18.7. The highest BCUT2D eigenvalue weighted by Gasteiger charge is 2.54. The first kappa shape index (κ1) is 21.5. The highest BCUT2D eigenvalue weighted by atomic mass is 16.6. The molecule has 2 aliphatic carbocycles. The predicted molar refractivity (Wildman–Crippen MR) is 112 cm³/mol. The van der Waals surface area contributed by atoms with Crippen molar-refractivity contribution in [2.45, 2.75) is 77.7 Å². The van der Waals surface area contributed by atoms with Gasteiger partial charge in [0, 0.05) is 6.04 Å². The SMILES string of the molecule is CC(C)(C)OC(=O)N(C(=O)OC(C)(C)C)c1ncnc2c1ncn2[C@@H]1C[C@@H](O)[C@H]2C[C@H]21. The molecule has 168 valence electrons. The van der Waals surface area contributed by atoms with Gasteiger partial charge in [0.25, 0.3) is 0 Å². The van der Waals surface area contributed by atoms with E-state index in [1.165, 1.54) is 6.33 Å². The molecule has 2 aromatic heterocycles. The van der Waals surface area contributed by atoms with Crippen molar-refractivity contribution in [3.05, 3.63) is 12.7 Å².